The molecule has 2 aromatic heterocycles. The monoisotopic (exact) mass is 515 g/mol. The Hall–Kier alpha value is -4.79. The molecular weight excluding hydrogens is 490 g/mol. The van der Waals surface area contributed by atoms with Crippen LogP contribution in [0, 0.1) is 0 Å². The third-order valence-electron chi connectivity index (χ3n) is 7.22. The van der Waals surface area contributed by atoms with Crippen LogP contribution in [0.5, 0.6) is 0 Å². The summed E-state index contributed by atoms with van der Waals surface area (Å²) >= 11 is 1.88. The molecule has 0 atom stereocenters. The molecule has 0 radical (unpaired) electrons. The van der Waals surface area contributed by atoms with Crippen molar-refractivity contribution in [1.29, 1.82) is 0 Å². The van der Waals surface area contributed by atoms with Crippen LogP contribution in [0.25, 0.3) is 65.0 Å². The Labute approximate surface area is 232 Å². The maximum Gasteiger partial charge on any atom is 0.0441 e. The third kappa shape index (κ3) is 4.25. The zero-order valence-electron chi connectivity index (χ0n) is 21.3. The Balaban J connectivity index is 1.55. The Kier molecular flexibility index (Phi) is 6.08. The lowest BCUT2D eigenvalue weighted by Crippen LogP contribution is -1.91. The minimum atomic E-state index is 1.15. The number of fused-ring (bicyclic) bond motifs is 1. The second-order valence-corrected chi connectivity index (χ2v) is 10.6. The Morgan fingerprint density at radius 1 is 0.359 bits per heavy atom. The highest BCUT2D eigenvalue weighted by molar-refractivity contribution is 7.21. The Bertz CT molecular complexity index is 1830. The molecule has 0 amide bonds. The third-order valence-corrected chi connectivity index (χ3v) is 8.49. The first-order valence-corrected chi connectivity index (χ1v) is 14.0. The molecule has 0 fully saturated rings. The largest absolute Gasteiger partial charge is 0.263 e. The van der Waals surface area contributed by atoms with Gasteiger partial charge in [0.15, 0.2) is 0 Å². The van der Waals surface area contributed by atoms with Gasteiger partial charge in [-0.15, -0.1) is 11.3 Å². The van der Waals surface area contributed by atoms with E-state index >= 15 is 0 Å². The number of benzene rings is 5. The Morgan fingerprint density at radius 3 is 1.31 bits per heavy atom. The van der Waals surface area contributed by atoms with Crippen LogP contribution in [0.3, 0.4) is 0 Å². The topological polar surface area (TPSA) is 12.9 Å². The van der Waals surface area contributed by atoms with Crippen molar-refractivity contribution in [2.24, 2.45) is 0 Å². The molecule has 2 heteroatoms. The van der Waals surface area contributed by atoms with E-state index in [0.29, 0.717) is 0 Å². The molecule has 0 aliphatic rings. The van der Waals surface area contributed by atoms with Gasteiger partial charge < -0.3 is 0 Å². The van der Waals surface area contributed by atoms with E-state index in [0.717, 1.165) is 11.1 Å². The van der Waals surface area contributed by atoms with Gasteiger partial charge in [0, 0.05) is 55.2 Å². The number of thiophene rings is 1. The molecule has 7 aromatic rings. The van der Waals surface area contributed by atoms with Gasteiger partial charge in [0.1, 0.15) is 0 Å². The van der Waals surface area contributed by atoms with E-state index in [1.54, 1.807) is 0 Å². The second-order valence-electron chi connectivity index (χ2n) is 9.56. The molecule has 39 heavy (non-hydrogen) atoms. The smallest absolute Gasteiger partial charge is 0.0441 e. The SMILES string of the molecule is c1ccc(-c2ccccc2-c2sc(-c3c(-c4ccccc4)cncc3-c3ccccc3)c3ccccc23)cc1. The Morgan fingerprint density at radius 2 is 0.769 bits per heavy atom. The summed E-state index contributed by atoms with van der Waals surface area (Å²) in [6.07, 6.45) is 4.03. The lowest BCUT2D eigenvalue weighted by atomic mass is 9.91. The van der Waals surface area contributed by atoms with E-state index in [1.165, 1.54) is 53.9 Å². The van der Waals surface area contributed by atoms with Crippen LogP contribution in [-0.2, 0) is 0 Å². The minimum absolute atomic E-state index is 1.15. The zero-order chi connectivity index (χ0) is 26.0. The van der Waals surface area contributed by atoms with Gasteiger partial charge in [-0.25, -0.2) is 0 Å². The van der Waals surface area contributed by atoms with Crippen LogP contribution in [0.1, 0.15) is 0 Å². The summed E-state index contributed by atoms with van der Waals surface area (Å²) < 4.78 is 0. The fraction of sp³-hybridized carbons (Fsp3) is 0. The first-order valence-electron chi connectivity index (χ1n) is 13.1. The lowest BCUT2D eigenvalue weighted by Gasteiger charge is -2.15. The van der Waals surface area contributed by atoms with Crippen molar-refractivity contribution in [3.8, 4) is 54.3 Å². The number of rotatable bonds is 5. The number of nitrogens with zero attached hydrogens (tertiary/aromatic N) is 1. The lowest BCUT2D eigenvalue weighted by molar-refractivity contribution is 1.33. The van der Waals surface area contributed by atoms with Gasteiger partial charge in [0.2, 0.25) is 0 Å². The molecule has 184 valence electrons. The van der Waals surface area contributed by atoms with Crippen molar-refractivity contribution < 1.29 is 0 Å². The van der Waals surface area contributed by atoms with Gasteiger partial charge in [-0.05, 0) is 22.3 Å². The molecule has 0 saturated carbocycles. The van der Waals surface area contributed by atoms with E-state index < -0.39 is 0 Å². The molecule has 0 N–H and O–H groups in total. The summed E-state index contributed by atoms with van der Waals surface area (Å²) in [5.41, 5.74) is 9.59. The van der Waals surface area contributed by atoms with Gasteiger partial charge in [0.25, 0.3) is 0 Å². The molecule has 0 saturated heterocycles. The predicted octanol–water partition coefficient (Wildman–Crippen LogP) is 10.6. The minimum Gasteiger partial charge on any atom is -0.263 e. The van der Waals surface area contributed by atoms with Crippen molar-refractivity contribution in [2.75, 3.05) is 0 Å². The first kappa shape index (κ1) is 23.3. The zero-order valence-corrected chi connectivity index (χ0v) is 22.1. The van der Waals surface area contributed by atoms with E-state index in [1.807, 2.05) is 23.7 Å². The molecule has 0 bridgehead atoms. The van der Waals surface area contributed by atoms with E-state index in [2.05, 4.69) is 140 Å². The number of hydrogen-bond donors (Lipinski definition) is 0. The quantitative estimate of drug-likeness (QED) is 0.222. The first-order chi connectivity index (χ1) is 19.4. The summed E-state index contributed by atoms with van der Waals surface area (Å²) in [5, 5.41) is 2.54. The van der Waals surface area contributed by atoms with Crippen molar-refractivity contribution in [3.05, 3.63) is 152 Å². The summed E-state index contributed by atoms with van der Waals surface area (Å²) in [5.74, 6) is 0. The molecule has 0 spiro atoms. The van der Waals surface area contributed by atoms with E-state index in [9.17, 15) is 0 Å². The summed E-state index contributed by atoms with van der Waals surface area (Å²) in [6, 6.07) is 49.5. The van der Waals surface area contributed by atoms with Crippen molar-refractivity contribution in [3.63, 3.8) is 0 Å². The van der Waals surface area contributed by atoms with Crippen molar-refractivity contribution in [1.82, 2.24) is 4.98 Å². The molecule has 1 nitrogen and oxygen atoms in total. The number of hydrogen-bond acceptors (Lipinski definition) is 2. The fourth-order valence-corrected chi connectivity index (χ4v) is 6.80. The van der Waals surface area contributed by atoms with Crippen molar-refractivity contribution >= 4 is 22.1 Å². The highest BCUT2D eigenvalue weighted by atomic mass is 32.1. The van der Waals surface area contributed by atoms with Crippen LogP contribution >= 0.6 is 11.3 Å². The fourth-order valence-electron chi connectivity index (χ4n) is 5.41. The number of aromatic nitrogens is 1. The van der Waals surface area contributed by atoms with Gasteiger partial charge in [0.05, 0.1) is 0 Å². The molecule has 5 aromatic carbocycles. The molecule has 0 unspecified atom stereocenters. The van der Waals surface area contributed by atoms with E-state index in [-0.39, 0.29) is 0 Å². The maximum atomic E-state index is 4.73. The molecule has 0 aliphatic carbocycles. The van der Waals surface area contributed by atoms with Crippen LogP contribution in [-0.4, -0.2) is 4.98 Å². The molecule has 0 aliphatic heterocycles. The van der Waals surface area contributed by atoms with Gasteiger partial charge in [-0.2, -0.15) is 0 Å². The van der Waals surface area contributed by atoms with Crippen molar-refractivity contribution in [2.45, 2.75) is 0 Å². The molecule has 2 heterocycles. The van der Waals surface area contributed by atoms with Gasteiger partial charge >= 0.3 is 0 Å². The van der Waals surface area contributed by atoms with Crippen LogP contribution in [0.4, 0.5) is 0 Å². The summed E-state index contributed by atoms with van der Waals surface area (Å²) in [7, 11) is 0. The van der Waals surface area contributed by atoms with Crippen LogP contribution in [0.15, 0.2) is 152 Å². The maximum absolute atomic E-state index is 4.73. The highest BCUT2D eigenvalue weighted by Gasteiger charge is 2.22. The summed E-state index contributed by atoms with van der Waals surface area (Å²) in [4.78, 5) is 7.28. The second kappa shape index (κ2) is 10.2. The average molecular weight is 516 g/mol. The van der Waals surface area contributed by atoms with Crippen LogP contribution < -0.4 is 0 Å². The standard InChI is InChI=1S/C37H25NS/c1-4-14-26(15-5-1)29-20-10-11-21-30(29)36-31-22-12-13-23-32(31)37(39-36)35-33(27-16-6-2-7-17-27)24-38-25-34(35)28-18-8-3-9-19-28/h1-25H. The molecule has 7 rings (SSSR count). The highest BCUT2D eigenvalue weighted by Crippen LogP contribution is 2.50. The van der Waals surface area contributed by atoms with E-state index in [4.69, 9.17) is 4.98 Å². The summed E-state index contributed by atoms with van der Waals surface area (Å²) in [6.45, 7) is 0. The van der Waals surface area contributed by atoms with Crippen LogP contribution in [0.2, 0.25) is 0 Å². The molecular formula is C37H25NS. The predicted molar refractivity (Wildman–Crippen MR) is 167 cm³/mol. The average Bonchev–Trinajstić information content (AvgIpc) is 3.41. The van der Waals surface area contributed by atoms with Gasteiger partial charge in [-0.3, -0.25) is 4.98 Å². The van der Waals surface area contributed by atoms with Gasteiger partial charge in [-0.1, -0.05) is 140 Å². The number of pyridine rings is 1. The normalized spacial score (nSPS) is 11.1.